The minimum Gasteiger partial charge on any atom is -0.497 e. The van der Waals surface area contributed by atoms with Crippen LogP contribution in [0.2, 0.25) is 0 Å². The van der Waals surface area contributed by atoms with E-state index in [4.69, 9.17) is 9.47 Å². The van der Waals surface area contributed by atoms with Gasteiger partial charge in [-0.15, -0.1) is 0 Å². The molecule has 7 nitrogen and oxygen atoms in total. The third kappa shape index (κ3) is 4.30. The number of imide groups is 1. The number of hydrogen-bond donors (Lipinski definition) is 1. The molecule has 2 aromatic carbocycles. The Bertz CT molecular complexity index is 1250. The Labute approximate surface area is 192 Å². The second kappa shape index (κ2) is 9.16. The molecular formula is C26H25N3O4. The molecule has 168 valence electrons. The molecule has 0 radical (unpaired) electrons. The van der Waals surface area contributed by atoms with E-state index >= 15 is 0 Å². The first-order chi connectivity index (χ1) is 15.9. The summed E-state index contributed by atoms with van der Waals surface area (Å²) in [6, 6.07) is 14.6. The van der Waals surface area contributed by atoms with E-state index < -0.39 is 5.91 Å². The van der Waals surface area contributed by atoms with Crippen LogP contribution >= 0.6 is 0 Å². The van der Waals surface area contributed by atoms with Gasteiger partial charge in [0.25, 0.3) is 11.8 Å². The molecule has 0 aliphatic carbocycles. The number of amides is 2. The highest BCUT2D eigenvalue weighted by atomic mass is 16.5. The van der Waals surface area contributed by atoms with Crippen molar-refractivity contribution in [3.05, 3.63) is 88.9 Å². The fraction of sp³-hybridized carbons (Fsp3) is 0.192. The molecule has 1 aliphatic rings. The zero-order chi connectivity index (χ0) is 23.5. The zero-order valence-electron chi connectivity index (χ0n) is 19.0. The van der Waals surface area contributed by atoms with E-state index in [0.717, 1.165) is 16.7 Å². The second-order valence-electron chi connectivity index (χ2n) is 7.81. The van der Waals surface area contributed by atoms with Gasteiger partial charge in [-0.05, 0) is 54.8 Å². The van der Waals surface area contributed by atoms with Gasteiger partial charge >= 0.3 is 0 Å². The first-order valence-electron chi connectivity index (χ1n) is 10.5. The van der Waals surface area contributed by atoms with Crippen molar-refractivity contribution in [2.24, 2.45) is 0 Å². The molecule has 0 unspecified atom stereocenters. The third-order valence-electron chi connectivity index (χ3n) is 5.58. The minimum absolute atomic E-state index is 0.152. The average Bonchev–Trinajstić information content (AvgIpc) is 3.04. The Hall–Kier alpha value is -4.13. The molecule has 3 aromatic rings. The van der Waals surface area contributed by atoms with Crippen LogP contribution in [-0.2, 0) is 16.1 Å². The molecule has 1 aliphatic heterocycles. The maximum absolute atomic E-state index is 13.6. The quantitative estimate of drug-likeness (QED) is 0.554. The van der Waals surface area contributed by atoms with Crippen molar-refractivity contribution < 1.29 is 19.1 Å². The number of carbonyl (C=O) groups is 2. The number of benzene rings is 2. The lowest BCUT2D eigenvalue weighted by Gasteiger charge is -2.16. The largest absolute Gasteiger partial charge is 0.497 e. The number of pyridine rings is 1. The van der Waals surface area contributed by atoms with Crippen LogP contribution < -0.4 is 14.8 Å². The van der Waals surface area contributed by atoms with Gasteiger partial charge in [-0.3, -0.25) is 19.5 Å². The molecule has 0 saturated carbocycles. The molecule has 0 atom stereocenters. The van der Waals surface area contributed by atoms with Gasteiger partial charge in [0, 0.05) is 18.5 Å². The molecule has 1 N–H and O–H groups in total. The minimum atomic E-state index is -0.398. The normalized spacial score (nSPS) is 13.5. The number of carbonyl (C=O) groups excluding carboxylic acids is 2. The molecule has 7 heteroatoms. The van der Waals surface area contributed by atoms with E-state index in [1.54, 1.807) is 49.8 Å². The lowest BCUT2D eigenvalue weighted by Crippen LogP contribution is -2.32. The summed E-state index contributed by atoms with van der Waals surface area (Å²) >= 11 is 0. The predicted molar refractivity (Wildman–Crippen MR) is 126 cm³/mol. The second-order valence-corrected chi connectivity index (χ2v) is 7.81. The summed E-state index contributed by atoms with van der Waals surface area (Å²) in [4.78, 5) is 32.3. The Balaban J connectivity index is 1.80. The summed E-state index contributed by atoms with van der Waals surface area (Å²) in [7, 11) is 3.11. The molecule has 1 aromatic heterocycles. The van der Waals surface area contributed by atoms with Gasteiger partial charge in [-0.2, -0.15) is 0 Å². The van der Waals surface area contributed by atoms with Crippen molar-refractivity contribution in [3.63, 3.8) is 0 Å². The van der Waals surface area contributed by atoms with Gasteiger partial charge in [0.2, 0.25) is 0 Å². The van der Waals surface area contributed by atoms with Crippen molar-refractivity contribution in [1.82, 2.24) is 9.88 Å². The van der Waals surface area contributed by atoms with Crippen molar-refractivity contribution >= 4 is 23.1 Å². The van der Waals surface area contributed by atoms with Gasteiger partial charge in [-0.1, -0.05) is 23.8 Å². The standard InChI is InChI=1S/C26H25N3O4/c1-16-5-7-20(17(2)13-16)23-24(28-21-8-6-19(32-3)14-22(21)33-4)26(31)29(25(23)30)15-18-9-11-27-12-10-18/h5-14,28H,15H2,1-4H3. The van der Waals surface area contributed by atoms with Crippen LogP contribution in [0, 0.1) is 13.8 Å². The predicted octanol–water partition coefficient (Wildman–Crippen LogP) is 4.11. The van der Waals surface area contributed by atoms with E-state index in [2.05, 4.69) is 10.3 Å². The summed E-state index contributed by atoms with van der Waals surface area (Å²) in [6.07, 6.45) is 3.28. The molecule has 0 fully saturated rings. The van der Waals surface area contributed by atoms with Gasteiger partial charge in [0.1, 0.15) is 17.2 Å². The van der Waals surface area contributed by atoms with Crippen molar-refractivity contribution in [2.75, 3.05) is 19.5 Å². The van der Waals surface area contributed by atoms with E-state index in [1.807, 2.05) is 32.0 Å². The number of aromatic nitrogens is 1. The van der Waals surface area contributed by atoms with Crippen LogP contribution in [0.1, 0.15) is 22.3 Å². The number of nitrogens with zero attached hydrogens (tertiary/aromatic N) is 2. The molecule has 2 heterocycles. The molecule has 4 rings (SSSR count). The van der Waals surface area contributed by atoms with Crippen LogP contribution in [-0.4, -0.2) is 35.9 Å². The van der Waals surface area contributed by atoms with E-state index in [1.165, 1.54) is 12.0 Å². The molecule has 0 saturated heterocycles. The smallest absolute Gasteiger partial charge is 0.278 e. The molecule has 0 bridgehead atoms. The highest BCUT2D eigenvalue weighted by Gasteiger charge is 2.40. The van der Waals surface area contributed by atoms with Crippen molar-refractivity contribution in [2.45, 2.75) is 20.4 Å². The SMILES string of the molecule is COc1ccc(NC2=C(c3ccc(C)cc3C)C(=O)N(Cc3ccncc3)C2=O)c(OC)c1. The highest BCUT2D eigenvalue weighted by Crippen LogP contribution is 2.36. The number of ether oxygens (including phenoxy) is 2. The summed E-state index contributed by atoms with van der Waals surface area (Å²) in [5, 5.41) is 3.17. The van der Waals surface area contributed by atoms with Gasteiger partial charge in [-0.25, -0.2) is 0 Å². The summed E-state index contributed by atoms with van der Waals surface area (Å²) in [5.74, 6) is 0.368. The summed E-state index contributed by atoms with van der Waals surface area (Å²) < 4.78 is 10.7. The lowest BCUT2D eigenvalue weighted by atomic mass is 9.97. The molecule has 0 spiro atoms. The molecular weight excluding hydrogens is 418 g/mol. The summed E-state index contributed by atoms with van der Waals surface area (Å²) in [5.41, 5.74) is 4.63. The average molecular weight is 444 g/mol. The van der Waals surface area contributed by atoms with E-state index in [0.29, 0.717) is 28.3 Å². The third-order valence-corrected chi connectivity index (χ3v) is 5.58. The first-order valence-corrected chi connectivity index (χ1v) is 10.5. The zero-order valence-corrected chi connectivity index (χ0v) is 19.0. The molecule has 2 amide bonds. The number of rotatable bonds is 7. The Kier molecular flexibility index (Phi) is 6.13. The summed E-state index contributed by atoms with van der Waals surface area (Å²) in [6.45, 7) is 4.08. The number of anilines is 1. The fourth-order valence-corrected chi connectivity index (χ4v) is 3.89. The maximum Gasteiger partial charge on any atom is 0.278 e. The Morgan fingerprint density at radius 3 is 2.33 bits per heavy atom. The number of methoxy groups -OCH3 is 2. The van der Waals surface area contributed by atoms with E-state index in [-0.39, 0.29) is 18.1 Å². The lowest BCUT2D eigenvalue weighted by molar-refractivity contribution is -0.137. The van der Waals surface area contributed by atoms with Crippen LogP contribution in [0.4, 0.5) is 5.69 Å². The van der Waals surface area contributed by atoms with Crippen LogP contribution in [0.25, 0.3) is 5.57 Å². The fourth-order valence-electron chi connectivity index (χ4n) is 3.89. The topological polar surface area (TPSA) is 80.8 Å². The number of nitrogens with one attached hydrogen (secondary N) is 1. The van der Waals surface area contributed by atoms with Gasteiger partial charge in [0.15, 0.2) is 0 Å². The Morgan fingerprint density at radius 2 is 1.67 bits per heavy atom. The molecule has 33 heavy (non-hydrogen) atoms. The van der Waals surface area contributed by atoms with Crippen molar-refractivity contribution in [3.8, 4) is 11.5 Å². The maximum atomic E-state index is 13.6. The van der Waals surface area contributed by atoms with Crippen LogP contribution in [0.3, 0.4) is 0 Å². The monoisotopic (exact) mass is 443 g/mol. The highest BCUT2D eigenvalue weighted by molar-refractivity contribution is 6.36. The number of aryl methyl sites for hydroxylation is 2. The van der Waals surface area contributed by atoms with E-state index in [9.17, 15) is 9.59 Å². The van der Waals surface area contributed by atoms with Crippen LogP contribution in [0.15, 0.2) is 66.6 Å². The number of hydrogen-bond acceptors (Lipinski definition) is 6. The Morgan fingerprint density at radius 1 is 0.909 bits per heavy atom. The van der Waals surface area contributed by atoms with Crippen LogP contribution in [0.5, 0.6) is 11.5 Å². The van der Waals surface area contributed by atoms with Crippen molar-refractivity contribution in [1.29, 1.82) is 0 Å². The first kappa shape index (κ1) is 22.1. The van der Waals surface area contributed by atoms with Gasteiger partial charge < -0.3 is 14.8 Å². The van der Waals surface area contributed by atoms with Gasteiger partial charge in [0.05, 0.1) is 32.0 Å².